The lowest BCUT2D eigenvalue weighted by atomic mass is 10.0. The number of carboxylic acids is 2. The third-order valence-electron chi connectivity index (χ3n) is 5.70. The van der Waals surface area contributed by atoms with Gasteiger partial charge in [0.1, 0.15) is 11.8 Å². The fraction of sp³-hybridized carbons (Fsp3) is 0.231. The van der Waals surface area contributed by atoms with Crippen LogP contribution >= 0.6 is 0 Å². The topological polar surface area (TPSA) is 207 Å². The summed E-state index contributed by atoms with van der Waals surface area (Å²) in [7, 11) is 1.60. The van der Waals surface area contributed by atoms with E-state index in [0.717, 1.165) is 39.8 Å². The Hall–Kier alpha value is -4.68. The third kappa shape index (κ3) is 7.66. The number of nitrogens with two attached hydrogens (primary N) is 1. The lowest BCUT2D eigenvalue weighted by Gasteiger charge is -2.22. The molecule has 1 aromatic heterocycles. The summed E-state index contributed by atoms with van der Waals surface area (Å²) in [5.74, 6) is -2.06. The van der Waals surface area contributed by atoms with Crippen LogP contribution in [-0.2, 0) is 33.8 Å². The van der Waals surface area contributed by atoms with E-state index in [0.29, 0.717) is 31.7 Å². The number of rotatable bonds is 9. The number of carbonyl (C=O) groups excluding carboxylic acids is 2. The SMILES string of the molecule is COc1cccc(CC2C(=O)NC(=O)N2Cc2ccc3[nH]cc(CCN)c3c2)c1.O.O=C(O)/C=C\C(=O)O. The molecule has 12 heteroatoms. The van der Waals surface area contributed by atoms with Crippen molar-refractivity contribution in [1.82, 2.24) is 15.2 Å². The van der Waals surface area contributed by atoms with Crippen LogP contribution in [0.4, 0.5) is 4.79 Å². The Morgan fingerprint density at radius 2 is 1.79 bits per heavy atom. The lowest BCUT2D eigenvalue weighted by molar-refractivity contribution is -0.134. The Balaban J connectivity index is 0.000000493. The summed E-state index contributed by atoms with van der Waals surface area (Å²) >= 11 is 0. The van der Waals surface area contributed by atoms with Crippen molar-refractivity contribution in [1.29, 1.82) is 0 Å². The van der Waals surface area contributed by atoms with Crippen molar-refractivity contribution in [3.8, 4) is 5.75 Å². The number of nitrogens with one attached hydrogen (secondary N) is 2. The number of ether oxygens (including phenoxy) is 1. The van der Waals surface area contributed by atoms with Crippen molar-refractivity contribution in [2.45, 2.75) is 25.4 Å². The highest BCUT2D eigenvalue weighted by molar-refractivity contribution is 6.04. The number of aromatic nitrogens is 1. The molecule has 1 fully saturated rings. The van der Waals surface area contributed by atoms with Crippen LogP contribution in [0, 0.1) is 0 Å². The van der Waals surface area contributed by atoms with E-state index < -0.39 is 18.0 Å². The van der Waals surface area contributed by atoms with Crippen LogP contribution in [0.1, 0.15) is 16.7 Å². The molecule has 2 aromatic carbocycles. The van der Waals surface area contributed by atoms with Gasteiger partial charge in [-0.15, -0.1) is 0 Å². The van der Waals surface area contributed by atoms with Crippen LogP contribution in [0.15, 0.2) is 60.8 Å². The molecule has 4 rings (SSSR count). The summed E-state index contributed by atoms with van der Waals surface area (Å²) in [5, 5.41) is 19.2. The number of urea groups is 1. The normalized spacial score (nSPS) is 14.6. The molecule has 202 valence electrons. The second kappa shape index (κ2) is 13.6. The molecule has 3 aromatic rings. The molecule has 0 saturated carbocycles. The van der Waals surface area contributed by atoms with Crippen LogP contribution in [-0.4, -0.2) is 69.1 Å². The predicted octanol–water partition coefficient (Wildman–Crippen LogP) is 1.23. The number of imide groups is 1. The second-order valence-electron chi connectivity index (χ2n) is 8.24. The maximum atomic E-state index is 12.4. The van der Waals surface area contributed by atoms with E-state index in [1.165, 1.54) is 0 Å². The fourth-order valence-electron chi connectivity index (χ4n) is 3.98. The standard InChI is InChI=1S/C22H24N4O3.C4H4O4.H2O/c1-29-17-4-2-3-14(9-17)11-20-21(27)25-22(28)26(20)13-15-5-6-19-18(10-15)16(7-8-23)12-24-19;5-3(6)1-2-4(7)8;/h2-6,9-10,12,20,24H,7-8,11,13,23H2,1H3,(H,25,27,28);1-2H,(H,5,6)(H,7,8);1H2/b;2-1-;. The molecule has 1 aliphatic rings. The summed E-state index contributed by atoms with van der Waals surface area (Å²) < 4.78 is 5.26. The highest BCUT2D eigenvalue weighted by atomic mass is 16.5. The molecular formula is C26H30N4O8. The van der Waals surface area contributed by atoms with E-state index in [2.05, 4.69) is 16.4 Å². The Labute approximate surface area is 218 Å². The molecule has 0 radical (unpaired) electrons. The predicted molar refractivity (Wildman–Crippen MR) is 139 cm³/mol. The van der Waals surface area contributed by atoms with Gasteiger partial charge < -0.3 is 36.0 Å². The molecule has 0 bridgehead atoms. The molecule has 38 heavy (non-hydrogen) atoms. The average Bonchev–Trinajstić information content (AvgIpc) is 3.38. The first-order valence-electron chi connectivity index (χ1n) is 11.4. The van der Waals surface area contributed by atoms with E-state index in [1.54, 1.807) is 12.0 Å². The summed E-state index contributed by atoms with van der Waals surface area (Å²) in [5.41, 5.74) is 9.80. The van der Waals surface area contributed by atoms with Gasteiger partial charge in [0.05, 0.1) is 7.11 Å². The van der Waals surface area contributed by atoms with Crippen molar-refractivity contribution in [3.63, 3.8) is 0 Å². The van der Waals surface area contributed by atoms with E-state index in [4.69, 9.17) is 20.7 Å². The zero-order chi connectivity index (χ0) is 26.9. The molecule has 3 amide bonds. The number of hydrogen-bond donors (Lipinski definition) is 5. The summed E-state index contributed by atoms with van der Waals surface area (Å²) in [4.78, 5) is 48.8. The number of aromatic amines is 1. The van der Waals surface area contributed by atoms with Crippen LogP contribution in [0.3, 0.4) is 0 Å². The molecule has 12 nitrogen and oxygen atoms in total. The number of hydrogen-bond acceptors (Lipinski definition) is 6. The molecule has 1 unspecified atom stereocenters. The monoisotopic (exact) mass is 526 g/mol. The second-order valence-corrected chi connectivity index (χ2v) is 8.24. The molecular weight excluding hydrogens is 496 g/mol. The maximum absolute atomic E-state index is 12.4. The minimum atomic E-state index is -1.26. The quantitative estimate of drug-likeness (QED) is 0.202. The molecule has 1 aliphatic heterocycles. The average molecular weight is 527 g/mol. The molecule has 0 aliphatic carbocycles. The number of fused-ring (bicyclic) bond motifs is 1. The molecule has 1 atom stereocenters. The van der Waals surface area contributed by atoms with Gasteiger partial charge in [-0.05, 0) is 53.9 Å². The summed E-state index contributed by atoms with van der Waals surface area (Å²) in [6.07, 6.45) is 4.30. The van der Waals surface area contributed by atoms with Crippen LogP contribution in [0.2, 0.25) is 0 Å². The number of nitrogens with zero attached hydrogens (tertiary/aromatic N) is 1. The molecule has 2 heterocycles. The van der Waals surface area contributed by atoms with Gasteiger partial charge in [0, 0.05) is 42.2 Å². The van der Waals surface area contributed by atoms with Crippen LogP contribution < -0.4 is 15.8 Å². The number of carbonyl (C=O) groups is 4. The van der Waals surface area contributed by atoms with Crippen molar-refractivity contribution < 1.29 is 39.6 Å². The van der Waals surface area contributed by atoms with Crippen LogP contribution in [0.5, 0.6) is 5.75 Å². The summed E-state index contributed by atoms with van der Waals surface area (Å²) in [6.45, 7) is 0.929. The smallest absolute Gasteiger partial charge is 0.328 e. The number of methoxy groups -OCH3 is 1. The number of amides is 3. The van der Waals surface area contributed by atoms with Crippen molar-refractivity contribution >= 4 is 34.8 Å². The van der Waals surface area contributed by atoms with Crippen LogP contribution in [0.25, 0.3) is 10.9 Å². The Kier molecular flexibility index (Phi) is 10.6. The van der Waals surface area contributed by atoms with Gasteiger partial charge in [0.2, 0.25) is 0 Å². The first-order valence-corrected chi connectivity index (χ1v) is 11.4. The largest absolute Gasteiger partial charge is 0.497 e. The van der Waals surface area contributed by atoms with Crippen molar-refractivity contribution in [2.24, 2.45) is 5.73 Å². The maximum Gasteiger partial charge on any atom is 0.328 e. The summed E-state index contributed by atoms with van der Waals surface area (Å²) in [6, 6.07) is 12.7. The Morgan fingerprint density at radius 1 is 1.08 bits per heavy atom. The van der Waals surface area contributed by atoms with Crippen molar-refractivity contribution in [2.75, 3.05) is 13.7 Å². The zero-order valence-corrected chi connectivity index (χ0v) is 20.6. The van der Waals surface area contributed by atoms with Crippen molar-refractivity contribution in [3.05, 3.63) is 77.5 Å². The molecule has 1 saturated heterocycles. The number of H-pyrrole nitrogens is 1. The minimum Gasteiger partial charge on any atom is -0.497 e. The third-order valence-corrected chi connectivity index (χ3v) is 5.70. The van der Waals surface area contributed by atoms with Gasteiger partial charge in [-0.2, -0.15) is 0 Å². The Bertz CT molecular complexity index is 1320. The first-order chi connectivity index (χ1) is 17.7. The highest BCUT2D eigenvalue weighted by Gasteiger charge is 2.38. The number of aliphatic carboxylic acids is 2. The zero-order valence-electron chi connectivity index (χ0n) is 20.6. The van der Waals surface area contributed by atoms with E-state index in [-0.39, 0.29) is 17.4 Å². The van der Waals surface area contributed by atoms with E-state index in [9.17, 15) is 19.2 Å². The highest BCUT2D eigenvalue weighted by Crippen LogP contribution is 2.24. The van der Waals surface area contributed by atoms with Gasteiger partial charge in [0.25, 0.3) is 5.91 Å². The van der Waals surface area contributed by atoms with Gasteiger partial charge in [0.15, 0.2) is 0 Å². The fourth-order valence-corrected chi connectivity index (χ4v) is 3.98. The lowest BCUT2D eigenvalue weighted by Crippen LogP contribution is -2.36. The first kappa shape index (κ1) is 29.5. The van der Waals surface area contributed by atoms with Gasteiger partial charge in [-0.25, -0.2) is 14.4 Å². The molecule has 0 spiro atoms. The van der Waals surface area contributed by atoms with Gasteiger partial charge >= 0.3 is 18.0 Å². The van der Waals surface area contributed by atoms with E-state index in [1.807, 2.05) is 42.6 Å². The van der Waals surface area contributed by atoms with E-state index >= 15 is 0 Å². The number of benzene rings is 2. The van der Waals surface area contributed by atoms with Gasteiger partial charge in [-0.1, -0.05) is 18.2 Å². The van der Waals surface area contributed by atoms with Gasteiger partial charge in [-0.3, -0.25) is 10.1 Å². The Morgan fingerprint density at radius 3 is 2.42 bits per heavy atom. The number of carboxylic acid groups (broad SMARTS) is 2. The molecule has 8 N–H and O–H groups in total. The minimum absolute atomic E-state index is 0.